The minimum absolute atomic E-state index is 0.411. The number of hydrogen-bond acceptors (Lipinski definition) is 4. The van der Waals surface area contributed by atoms with E-state index < -0.39 is 6.09 Å². The van der Waals surface area contributed by atoms with Crippen LogP contribution in [0.15, 0.2) is 10.6 Å². The molecule has 1 saturated carbocycles. The standard InChI is InChI=1S/C8H10N2O3/c1-12-8(11)9-7-4-6(13-10-7)5-2-3-5/h4-5H,2-3H2,1H3,(H,9,10,11). The van der Waals surface area contributed by atoms with Crippen LogP contribution in [-0.4, -0.2) is 18.4 Å². The zero-order valence-corrected chi connectivity index (χ0v) is 7.24. The number of carbonyl (C=O) groups is 1. The van der Waals surface area contributed by atoms with Crippen molar-refractivity contribution in [1.82, 2.24) is 5.16 Å². The fraction of sp³-hybridized carbons (Fsp3) is 0.500. The first-order valence-electron chi connectivity index (χ1n) is 4.11. The predicted molar refractivity (Wildman–Crippen MR) is 44.5 cm³/mol. The van der Waals surface area contributed by atoms with Gasteiger partial charge in [0.1, 0.15) is 5.76 Å². The van der Waals surface area contributed by atoms with Crippen molar-refractivity contribution >= 4 is 11.9 Å². The van der Waals surface area contributed by atoms with Gasteiger partial charge in [0.15, 0.2) is 5.82 Å². The van der Waals surface area contributed by atoms with E-state index in [9.17, 15) is 4.79 Å². The van der Waals surface area contributed by atoms with Crippen molar-refractivity contribution in [3.63, 3.8) is 0 Å². The van der Waals surface area contributed by atoms with Crippen molar-refractivity contribution in [2.24, 2.45) is 0 Å². The lowest BCUT2D eigenvalue weighted by Crippen LogP contribution is -2.10. The summed E-state index contributed by atoms with van der Waals surface area (Å²) in [7, 11) is 1.30. The van der Waals surface area contributed by atoms with Gasteiger partial charge in [-0.3, -0.25) is 5.32 Å². The van der Waals surface area contributed by atoms with Crippen LogP contribution in [0.1, 0.15) is 24.5 Å². The number of carbonyl (C=O) groups excluding carboxylic acids is 1. The third kappa shape index (κ3) is 1.80. The van der Waals surface area contributed by atoms with Crippen molar-refractivity contribution in [3.05, 3.63) is 11.8 Å². The first-order chi connectivity index (χ1) is 6.29. The second-order valence-corrected chi connectivity index (χ2v) is 3.01. The highest BCUT2D eigenvalue weighted by Crippen LogP contribution is 2.40. The zero-order chi connectivity index (χ0) is 9.26. The number of amides is 1. The molecule has 0 saturated heterocycles. The Morgan fingerprint density at radius 1 is 1.77 bits per heavy atom. The minimum atomic E-state index is -0.532. The van der Waals surface area contributed by atoms with Crippen LogP contribution < -0.4 is 5.32 Å². The Labute approximate surface area is 75.0 Å². The molecule has 1 heterocycles. The lowest BCUT2D eigenvalue weighted by Gasteiger charge is -1.95. The Bertz CT molecular complexity index is 317. The number of anilines is 1. The van der Waals surface area contributed by atoms with Crippen molar-refractivity contribution in [2.75, 3.05) is 12.4 Å². The van der Waals surface area contributed by atoms with E-state index >= 15 is 0 Å². The molecule has 70 valence electrons. The lowest BCUT2D eigenvalue weighted by molar-refractivity contribution is 0.186. The molecule has 1 fully saturated rings. The Morgan fingerprint density at radius 3 is 3.15 bits per heavy atom. The summed E-state index contributed by atoms with van der Waals surface area (Å²) in [5.41, 5.74) is 0. The molecule has 0 spiro atoms. The summed E-state index contributed by atoms with van der Waals surface area (Å²) in [6.07, 6.45) is 1.76. The van der Waals surface area contributed by atoms with E-state index in [1.54, 1.807) is 6.07 Å². The fourth-order valence-corrected chi connectivity index (χ4v) is 1.06. The number of nitrogens with zero attached hydrogens (tertiary/aromatic N) is 1. The first-order valence-corrected chi connectivity index (χ1v) is 4.11. The van der Waals surface area contributed by atoms with Gasteiger partial charge in [-0.25, -0.2) is 4.79 Å². The third-order valence-electron chi connectivity index (χ3n) is 1.92. The van der Waals surface area contributed by atoms with Gasteiger partial charge in [0.25, 0.3) is 0 Å². The lowest BCUT2D eigenvalue weighted by atomic mass is 10.3. The summed E-state index contributed by atoms with van der Waals surface area (Å²) < 4.78 is 9.42. The van der Waals surface area contributed by atoms with Crippen LogP contribution >= 0.6 is 0 Å². The van der Waals surface area contributed by atoms with Crippen LogP contribution in [-0.2, 0) is 4.74 Å². The molecule has 0 atom stereocenters. The molecule has 0 radical (unpaired) electrons. The molecule has 13 heavy (non-hydrogen) atoms. The molecule has 0 unspecified atom stereocenters. The summed E-state index contributed by atoms with van der Waals surface area (Å²) in [6, 6.07) is 1.73. The van der Waals surface area contributed by atoms with Crippen LogP contribution in [0.25, 0.3) is 0 Å². The maximum absolute atomic E-state index is 10.8. The number of methoxy groups -OCH3 is 1. The number of rotatable bonds is 2. The van der Waals surface area contributed by atoms with E-state index in [2.05, 4.69) is 15.2 Å². The van der Waals surface area contributed by atoms with Crippen LogP contribution in [0.5, 0.6) is 0 Å². The van der Waals surface area contributed by atoms with Crippen LogP contribution in [0, 0.1) is 0 Å². The number of ether oxygens (including phenoxy) is 1. The number of nitrogens with one attached hydrogen (secondary N) is 1. The van der Waals surface area contributed by atoms with Crippen molar-refractivity contribution < 1.29 is 14.1 Å². The van der Waals surface area contributed by atoms with Gasteiger partial charge in [-0.1, -0.05) is 5.16 Å². The second kappa shape index (κ2) is 3.08. The maximum Gasteiger partial charge on any atom is 0.412 e. The maximum atomic E-state index is 10.8. The van der Waals surface area contributed by atoms with Gasteiger partial charge in [0, 0.05) is 12.0 Å². The molecule has 1 aliphatic rings. The van der Waals surface area contributed by atoms with Gasteiger partial charge < -0.3 is 9.26 Å². The normalized spacial score (nSPS) is 15.5. The quantitative estimate of drug-likeness (QED) is 0.756. The van der Waals surface area contributed by atoms with E-state index in [-0.39, 0.29) is 0 Å². The SMILES string of the molecule is COC(=O)Nc1cc(C2CC2)on1. The summed E-state index contributed by atoms with van der Waals surface area (Å²) >= 11 is 0. The molecule has 0 bridgehead atoms. The van der Waals surface area contributed by atoms with Gasteiger partial charge in [-0.05, 0) is 12.8 Å². The van der Waals surface area contributed by atoms with Gasteiger partial charge in [0.05, 0.1) is 7.11 Å². The highest BCUT2D eigenvalue weighted by atomic mass is 16.5. The smallest absolute Gasteiger partial charge is 0.412 e. The molecule has 5 nitrogen and oxygen atoms in total. The largest absolute Gasteiger partial charge is 0.453 e. The molecule has 1 aliphatic carbocycles. The topological polar surface area (TPSA) is 64.4 Å². The van der Waals surface area contributed by atoms with E-state index in [1.807, 2.05) is 0 Å². The Hall–Kier alpha value is -1.52. The van der Waals surface area contributed by atoms with Crippen molar-refractivity contribution in [3.8, 4) is 0 Å². The zero-order valence-electron chi connectivity index (χ0n) is 7.24. The van der Waals surface area contributed by atoms with Crippen molar-refractivity contribution in [2.45, 2.75) is 18.8 Å². The van der Waals surface area contributed by atoms with E-state index in [1.165, 1.54) is 7.11 Å². The van der Waals surface area contributed by atoms with Gasteiger partial charge in [-0.2, -0.15) is 0 Å². The molecule has 0 aliphatic heterocycles. The number of hydrogen-bond donors (Lipinski definition) is 1. The summed E-state index contributed by atoms with van der Waals surface area (Å²) in [5.74, 6) is 1.75. The molecule has 1 aromatic rings. The molecule has 1 N–H and O–H groups in total. The van der Waals surface area contributed by atoms with E-state index in [4.69, 9.17) is 4.52 Å². The molecule has 0 aromatic carbocycles. The minimum Gasteiger partial charge on any atom is -0.453 e. The highest BCUT2D eigenvalue weighted by molar-refractivity contribution is 5.83. The summed E-state index contributed by atoms with van der Waals surface area (Å²) in [4.78, 5) is 10.8. The fourth-order valence-electron chi connectivity index (χ4n) is 1.06. The Kier molecular flexibility index (Phi) is 1.92. The molecular formula is C8H10N2O3. The summed E-state index contributed by atoms with van der Waals surface area (Å²) in [6.45, 7) is 0. The first kappa shape index (κ1) is 8.10. The molecule has 2 rings (SSSR count). The monoisotopic (exact) mass is 182 g/mol. The molecule has 5 heteroatoms. The average Bonchev–Trinajstić information content (AvgIpc) is 2.88. The number of aromatic nitrogens is 1. The molecule has 1 amide bonds. The molecular weight excluding hydrogens is 172 g/mol. The van der Waals surface area contributed by atoms with Gasteiger partial charge in [0.2, 0.25) is 0 Å². The third-order valence-corrected chi connectivity index (χ3v) is 1.92. The van der Waals surface area contributed by atoms with Crippen LogP contribution in [0.3, 0.4) is 0 Å². The Morgan fingerprint density at radius 2 is 2.54 bits per heavy atom. The Balaban J connectivity index is 2.00. The predicted octanol–water partition coefficient (Wildman–Crippen LogP) is 1.73. The van der Waals surface area contributed by atoms with E-state index in [0.717, 1.165) is 18.6 Å². The van der Waals surface area contributed by atoms with Gasteiger partial charge >= 0.3 is 6.09 Å². The highest BCUT2D eigenvalue weighted by Gasteiger charge is 2.28. The second-order valence-electron chi connectivity index (χ2n) is 3.01. The average molecular weight is 182 g/mol. The molecule has 1 aromatic heterocycles. The van der Waals surface area contributed by atoms with Crippen LogP contribution in [0.4, 0.5) is 10.6 Å². The van der Waals surface area contributed by atoms with Gasteiger partial charge in [-0.15, -0.1) is 0 Å². The summed E-state index contributed by atoms with van der Waals surface area (Å²) in [5, 5.41) is 6.11. The van der Waals surface area contributed by atoms with Crippen LogP contribution in [0.2, 0.25) is 0 Å². The van der Waals surface area contributed by atoms with E-state index in [0.29, 0.717) is 11.7 Å². The van der Waals surface area contributed by atoms with Crippen molar-refractivity contribution in [1.29, 1.82) is 0 Å².